The predicted octanol–water partition coefficient (Wildman–Crippen LogP) is 8.95. The highest BCUT2D eigenvalue weighted by Gasteiger charge is 2.40. The van der Waals surface area contributed by atoms with Crippen molar-refractivity contribution in [2.75, 3.05) is 6.61 Å². The number of aliphatic hydroxyl groups is 2. The molecule has 0 radical (unpaired) electrons. The molecule has 64 heavy (non-hydrogen) atoms. The van der Waals surface area contributed by atoms with Crippen molar-refractivity contribution in [3.63, 3.8) is 0 Å². The molecule has 2 rings (SSSR count). The minimum atomic E-state index is -5.56. The number of aryl methyl sites for hydroxylation is 2. The number of aldehydes is 1. The quantitative estimate of drug-likeness (QED) is 0.0188. The molecule has 14 heteroatoms. The molecule has 0 fully saturated rings. The van der Waals surface area contributed by atoms with Crippen LogP contribution in [0, 0.1) is 0 Å². The molecule has 2 aromatic carbocycles. The number of hydrogen-bond donors (Lipinski definition) is 3. The van der Waals surface area contributed by atoms with Gasteiger partial charge in [-0.3, -0.25) is 18.6 Å². The van der Waals surface area contributed by atoms with Gasteiger partial charge in [-0.25, -0.2) is 8.42 Å². The topological polar surface area (TPSA) is 206 Å². The number of carbonyl (C=O) groups excluding carboxylic acids is 4. The van der Waals surface area contributed by atoms with Crippen molar-refractivity contribution in [2.24, 2.45) is 0 Å². The summed E-state index contributed by atoms with van der Waals surface area (Å²) in [5.41, 5.74) is 2.60. The molecule has 0 aliphatic carbocycles. The van der Waals surface area contributed by atoms with Gasteiger partial charge in [-0.2, -0.15) is 0 Å². The Morgan fingerprint density at radius 1 is 0.641 bits per heavy atom. The van der Waals surface area contributed by atoms with E-state index in [1.165, 1.54) is 36.8 Å². The summed E-state index contributed by atoms with van der Waals surface area (Å²) in [6.45, 7) is 1.06. The van der Waals surface area contributed by atoms with Crippen LogP contribution in [0.4, 0.5) is 0 Å². The number of benzene rings is 2. The van der Waals surface area contributed by atoms with E-state index >= 15 is 0 Å². The van der Waals surface area contributed by atoms with E-state index in [0.29, 0.717) is 32.1 Å². The molecule has 5 atom stereocenters. The summed E-state index contributed by atoms with van der Waals surface area (Å²) in [6.07, 6.45) is 15.4. The van der Waals surface area contributed by atoms with Crippen LogP contribution < -0.4 is 5.32 Å². The standard InChI is InChI=1S/C50H79NO12S/c1-2-3-4-5-6-7-8-15-26-35-43(61-47(56)36-27-16-11-9-13-20-29-41-31-22-18-23-32-41)38-46(55)51-44(39-52)49(50(45(54)40-53)63-64(58,59)60)62-48(57)37-28-17-12-10-14-21-30-42-33-24-19-25-34-42/h18-19,22-25,31-34,39,43-45,49-50,53-54H,2-17,20-21,26-30,35-38,40H2,1H3,(H,51,55)(H,58,59,60)/p-1/t43-,44-,45+,49+,50+/m0/s1. The number of amides is 1. The van der Waals surface area contributed by atoms with Crippen molar-refractivity contribution in [2.45, 2.75) is 211 Å². The first kappa shape index (κ1) is 56.4. The normalized spacial score (nSPS) is 13.9. The Bertz CT molecular complexity index is 1630. The minimum Gasteiger partial charge on any atom is -0.726 e. The van der Waals surface area contributed by atoms with Crippen molar-refractivity contribution >= 4 is 34.5 Å². The van der Waals surface area contributed by atoms with Gasteiger partial charge >= 0.3 is 11.9 Å². The average Bonchev–Trinajstić information content (AvgIpc) is 3.28. The van der Waals surface area contributed by atoms with Crippen LogP contribution >= 0.6 is 0 Å². The van der Waals surface area contributed by atoms with Gasteiger partial charge in [0.05, 0.1) is 13.0 Å². The number of ether oxygens (including phenoxy) is 2. The predicted molar refractivity (Wildman–Crippen MR) is 247 cm³/mol. The SMILES string of the molecule is CCCCCCCCCCC[C@@H](CC(=O)N[C@@H](C=O)[C@@H](OC(=O)CCCCCCCCc1ccccc1)[C@H](OS(=O)(=O)[O-])[C@H](O)CO)OC(=O)CCCCCCCCc1ccccc1. The van der Waals surface area contributed by atoms with E-state index in [1.54, 1.807) is 0 Å². The number of nitrogens with one attached hydrogen (secondary N) is 1. The second-order valence-electron chi connectivity index (χ2n) is 17.0. The molecule has 2 aromatic rings. The maximum atomic E-state index is 13.5. The zero-order valence-electron chi connectivity index (χ0n) is 38.4. The van der Waals surface area contributed by atoms with Gasteiger partial charge < -0.3 is 34.4 Å². The van der Waals surface area contributed by atoms with Crippen molar-refractivity contribution in [1.29, 1.82) is 0 Å². The highest BCUT2D eigenvalue weighted by Crippen LogP contribution is 2.20. The van der Waals surface area contributed by atoms with Gasteiger partial charge in [0.1, 0.15) is 30.6 Å². The lowest BCUT2D eigenvalue weighted by molar-refractivity contribution is -0.164. The highest BCUT2D eigenvalue weighted by molar-refractivity contribution is 7.80. The molecule has 0 bridgehead atoms. The second kappa shape index (κ2) is 35.6. The zero-order chi connectivity index (χ0) is 46.7. The van der Waals surface area contributed by atoms with Gasteiger partial charge in [0.25, 0.3) is 0 Å². The highest BCUT2D eigenvalue weighted by atomic mass is 32.3. The molecule has 0 aliphatic heterocycles. The third kappa shape index (κ3) is 28.3. The van der Waals surface area contributed by atoms with Crippen LogP contribution in [-0.4, -0.2) is 84.4 Å². The summed E-state index contributed by atoms with van der Waals surface area (Å²) >= 11 is 0. The van der Waals surface area contributed by atoms with Crippen molar-refractivity contribution in [3.05, 3.63) is 71.8 Å². The Kier molecular flexibility index (Phi) is 31.4. The summed E-state index contributed by atoms with van der Waals surface area (Å²) in [5, 5.41) is 22.6. The van der Waals surface area contributed by atoms with E-state index in [2.05, 4.69) is 40.7 Å². The van der Waals surface area contributed by atoms with Crippen LogP contribution in [0.25, 0.3) is 0 Å². The van der Waals surface area contributed by atoms with Crippen LogP contribution in [0.15, 0.2) is 60.7 Å². The maximum absolute atomic E-state index is 13.5. The Labute approximate surface area is 383 Å². The lowest BCUT2D eigenvalue weighted by atomic mass is 10.0. The molecule has 0 heterocycles. The van der Waals surface area contributed by atoms with E-state index in [1.807, 2.05) is 36.4 Å². The van der Waals surface area contributed by atoms with Crippen molar-refractivity contribution in [1.82, 2.24) is 5.32 Å². The fourth-order valence-electron chi connectivity index (χ4n) is 7.81. The number of rotatable bonds is 40. The van der Waals surface area contributed by atoms with E-state index in [0.717, 1.165) is 96.3 Å². The molecule has 13 nitrogen and oxygen atoms in total. The monoisotopic (exact) mass is 917 g/mol. The Hall–Kier alpha value is -3.69. The van der Waals surface area contributed by atoms with Gasteiger partial charge in [0.15, 0.2) is 6.10 Å². The second-order valence-corrected chi connectivity index (χ2v) is 18.1. The molecule has 0 saturated heterocycles. The molecule has 0 spiro atoms. The third-order valence-electron chi connectivity index (χ3n) is 11.4. The van der Waals surface area contributed by atoms with Gasteiger partial charge in [-0.1, -0.05) is 170 Å². The van der Waals surface area contributed by atoms with Crippen LogP contribution in [0.5, 0.6) is 0 Å². The third-order valence-corrected chi connectivity index (χ3v) is 11.9. The van der Waals surface area contributed by atoms with Gasteiger partial charge in [0.2, 0.25) is 16.3 Å². The first-order chi connectivity index (χ1) is 30.9. The van der Waals surface area contributed by atoms with Gasteiger partial charge in [-0.15, -0.1) is 0 Å². The lowest BCUT2D eigenvalue weighted by Crippen LogP contribution is -2.57. The van der Waals surface area contributed by atoms with Gasteiger partial charge in [-0.05, 0) is 62.5 Å². The molecular formula is C50H78NO12S-. The number of esters is 2. The lowest BCUT2D eigenvalue weighted by Gasteiger charge is -2.33. The number of hydrogen-bond acceptors (Lipinski definition) is 12. The summed E-state index contributed by atoms with van der Waals surface area (Å²) in [6, 6.07) is 18.7. The molecule has 0 saturated carbocycles. The van der Waals surface area contributed by atoms with E-state index < -0.39 is 65.3 Å². The molecule has 3 N–H and O–H groups in total. The number of carbonyl (C=O) groups is 4. The maximum Gasteiger partial charge on any atom is 0.306 e. The number of aliphatic hydroxyl groups excluding tert-OH is 2. The van der Waals surface area contributed by atoms with Crippen LogP contribution in [-0.2, 0) is 56.1 Å². The first-order valence-corrected chi connectivity index (χ1v) is 25.4. The largest absolute Gasteiger partial charge is 0.726 e. The number of unbranched alkanes of at least 4 members (excludes halogenated alkanes) is 18. The van der Waals surface area contributed by atoms with Gasteiger partial charge in [0, 0.05) is 12.8 Å². The smallest absolute Gasteiger partial charge is 0.306 e. The molecule has 0 aromatic heterocycles. The van der Waals surface area contributed by atoms with Crippen LogP contribution in [0.2, 0.25) is 0 Å². The molecule has 0 aliphatic rings. The van der Waals surface area contributed by atoms with E-state index in [9.17, 15) is 42.4 Å². The fourth-order valence-corrected chi connectivity index (χ4v) is 8.32. The Balaban J connectivity index is 2.00. The Morgan fingerprint density at radius 2 is 1.08 bits per heavy atom. The van der Waals surface area contributed by atoms with Crippen LogP contribution in [0.1, 0.15) is 179 Å². The molecule has 1 amide bonds. The summed E-state index contributed by atoms with van der Waals surface area (Å²) in [7, 11) is -5.56. The fraction of sp³-hybridized carbons (Fsp3) is 0.680. The van der Waals surface area contributed by atoms with Crippen LogP contribution in [0.3, 0.4) is 0 Å². The molecule has 0 unspecified atom stereocenters. The summed E-state index contributed by atoms with van der Waals surface area (Å²) < 4.78 is 51.0. The van der Waals surface area contributed by atoms with E-state index in [-0.39, 0.29) is 25.5 Å². The molecular weight excluding hydrogens is 839 g/mol. The summed E-state index contributed by atoms with van der Waals surface area (Å²) in [4.78, 5) is 52.2. The van der Waals surface area contributed by atoms with E-state index in [4.69, 9.17) is 9.47 Å². The first-order valence-electron chi connectivity index (χ1n) is 24.1. The average molecular weight is 917 g/mol. The van der Waals surface area contributed by atoms with Crippen molar-refractivity contribution in [3.8, 4) is 0 Å². The Morgan fingerprint density at radius 3 is 1.53 bits per heavy atom. The summed E-state index contributed by atoms with van der Waals surface area (Å²) in [5.74, 6) is -2.11. The zero-order valence-corrected chi connectivity index (χ0v) is 39.2. The minimum absolute atomic E-state index is 0.142. The van der Waals surface area contributed by atoms with Crippen molar-refractivity contribution < 1.29 is 56.0 Å². The molecule has 362 valence electrons.